The number of nitro benzene ring substituents is 1. The molecule has 0 aliphatic heterocycles. The molecule has 0 spiro atoms. The number of hydrogen-bond donors (Lipinski definition) is 2. The third kappa shape index (κ3) is 4.54. The van der Waals surface area contributed by atoms with Crippen molar-refractivity contribution in [3.05, 3.63) is 63.7 Å². The highest BCUT2D eigenvalue weighted by Crippen LogP contribution is 2.24. The second-order valence-electron chi connectivity index (χ2n) is 5.18. The first-order valence-electron chi connectivity index (χ1n) is 7.38. The van der Waals surface area contributed by atoms with E-state index in [-0.39, 0.29) is 18.1 Å². The van der Waals surface area contributed by atoms with Gasteiger partial charge in [0.15, 0.2) is 0 Å². The molecule has 0 atom stereocenters. The highest BCUT2D eigenvalue weighted by atomic mass is 16.6. The molecule has 0 radical (unpaired) electrons. The number of hydrogen-bond acceptors (Lipinski definition) is 6. The summed E-state index contributed by atoms with van der Waals surface area (Å²) in [6.45, 7) is 1.56. The highest BCUT2D eigenvalue weighted by Gasteiger charge is 2.13. The molecule has 0 unspecified atom stereocenters. The Hall–Kier alpha value is -3.42. The maximum Gasteiger partial charge on any atom is 0.337 e. The van der Waals surface area contributed by atoms with Crippen LogP contribution < -0.4 is 10.6 Å². The largest absolute Gasteiger partial charge is 0.465 e. The van der Waals surface area contributed by atoms with Gasteiger partial charge in [-0.05, 0) is 37.3 Å². The molecule has 2 rings (SSSR count). The minimum Gasteiger partial charge on any atom is -0.465 e. The monoisotopic (exact) mass is 343 g/mol. The van der Waals surface area contributed by atoms with Crippen LogP contribution in [-0.4, -0.2) is 30.5 Å². The molecule has 0 aliphatic rings. The summed E-state index contributed by atoms with van der Waals surface area (Å²) in [4.78, 5) is 33.8. The molecular weight excluding hydrogens is 326 g/mol. The molecule has 130 valence electrons. The number of nitro groups is 1. The zero-order valence-electron chi connectivity index (χ0n) is 13.7. The van der Waals surface area contributed by atoms with Crippen LogP contribution in [0.2, 0.25) is 0 Å². The first kappa shape index (κ1) is 17.9. The van der Waals surface area contributed by atoms with Gasteiger partial charge >= 0.3 is 5.97 Å². The lowest BCUT2D eigenvalue weighted by Crippen LogP contribution is -2.22. The molecule has 0 bridgehead atoms. The molecule has 0 saturated carbocycles. The number of esters is 1. The molecule has 0 fully saturated rings. The van der Waals surface area contributed by atoms with Crippen molar-refractivity contribution in [3.63, 3.8) is 0 Å². The molecule has 2 aromatic carbocycles. The van der Waals surface area contributed by atoms with Gasteiger partial charge in [-0.25, -0.2) is 4.79 Å². The Morgan fingerprint density at radius 2 is 1.84 bits per heavy atom. The summed E-state index contributed by atoms with van der Waals surface area (Å²) in [7, 11) is 1.29. The fourth-order valence-corrected chi connectivity index (χ4v) is 2.20. The Kier molecular flexibility index (Phi) is 5.67. The predicted octanol–water partition coefficient (Wildman–Crippen LogP) is 2.74. The standard InChI is InChI=1S/C17H17N3O5/c1-11-14(4-3-5-15(11)20(23)24)18-10-16(21)19-13-8-6-12(7-9-13)17(22)25-2/h3-9,18H,10H2,1-2H3,(H,19,21). The zero-order chi connectivity index (χ0) is 18.4. The minimum atomic E-state index is -0.469. The van der Waals surface area contributed by atoms with Crippen LogP contribution >= 0.6 is 0 Å². The fourth-order valence-electron chi connectivity index (χ4n) is 2.20. The second kappa shape index (κ2) is 7.91. The van der Waals surface area contributed by atoms with Gasteiger partial charge in [0.25, 0.3) is 5.69 Å². The molecule has 1 amide bonds. The first-order valence-corrected chi connectivity index (χ1v) is 7.38. The van der Waals surface area contributed by atoms with Gasteiger partial charge in [0.2, 0.25) is 5.91 Å². The quantitative estimate of drug-likeness (QED) is 0.474. The lowest BCUT2D eigenvalue weighted by atomic mass is 10.1. The SMILES string of the molecule is COC(=O)c1ccc(NC(=O)CNc2cccc([N+](=O)[O-])c2C)cc1. The number of carbonyl (C=O) groups is 2. The van der Waals surface area contributed by atoms with E-state index < -0.39 is 10.9 Å². The van der Waals surface area contributed by atoms with Gasteiger partial charge < -0.3 is 15.4 Å². The molecule has 25 heavy (non-hydrogen) atoms. The first-order chi connectivity index (χ1) is 11.9. The topological polar surface area (TPSA) is 111 Å². The van der Waals surface area contributed by atoms with E-state index in [9.17, 15) is 19.7 Å². The lowest BCUT2D eigenvalue weighted by molar-refractivity contribution is -0.385. The minimum absolute atomic E-state index is 0.0104. The molecular formula is C17H17N3O5. The lowest BCUT2D eigenvalue weighted by Gasteiger charge is -2.10. The second-order valence-corrected chi connectivity index (χ2v) is 5.18. The summed E-state index contributed by atoms with van der Waals surface area (Å²) in [6.07, 6.45) is 0. The summed E-state index contributed by atoms with van der Waals surface area (Å²) in [5.74, 6) is -0.780. The molecule has 0 saturated heterocycles. The molecule has 0 aromatic heterocycles. The Balaban J connectivity index is 1.96. The molecule has 8 heteroatoms. The van der Waals surface area contributed by atoms with Crippen LogP contribution in [0.25, 0.3) is 0 Å². The van der Waals surface area contributed by atoms with Crippen molar-refractivity contribution in [1.82, 2.24) is 0 Å². The van der Waals surface area contributed by atoms with Crippen LogP contribution in [0.4, 0.5) is 17.1 Å². The number of nitrogens with zero attached hydrogens (tertiary/aromatic N) is 1. The van der Waals surface area contributed by atoms with E-state index in [1.807, 2.05) is 0 Å². The van der Waals surface area contributed by atoms with E-state index in [0.29, 0.717) is 22.5 Å². The highest BCUT2D eigenvalue weighted by molar-refractivity contribution is 5.95. The van der Waals surface area contributed by atoms with Crippen LogP contribution in [-0.2, 0) is 9.53 Å². The van der Waals surface area contributed by atoms with E-state index >= 15 is 0 Å². The van der Waals surface area contributed by atoms with E-state index in [0.717, 1.165) is 0 Å². The van der Waals surface area contributed by atoms with Crippen LogP contribution in [0.5, 0.6) is 0 Å². The summed E-state index contributed by atoms with van der Waals surface area (Å²) in [6, 6.07) is 10.9. The Morgan fingerprint density at radius 1 is 1.16 bits per heavy atom. The molecule has 8 nitrogen and oxygen atoms in total. The smallest absolute Gasteiger partial charge is 0.337 e. The van der Waals surface area contributed by atoms with Crippen LogP contribution in [0, 0.1) is 17.0 Å². The Morgan fingerprint density at radius 3 is 2.44 bits per heavy atom. The normalized spacial score (nSPS) is 10.0. The van der Waals surface area contributed by atoms with Crippen LogP contribution in [0.3, 0.4) is 0 Å². The van der Waals surface area contributed by atoms with E-state index in [2.05, 4.69) is 15.4 Å². The predicted molar refractivity (Wildman–Crippen MR) is 92.7 cm³/mol. The van der Waals surface area contributed by atoms with E-state index in [1.165, 1.54) is 13.2 Å². The van der Waals surface area contributed by atoms with Gasteiger partial charge in [0.1, 0.15) is 0 Å². The van der Waals surface area contributed by atoms with Crippen molar-refractivity contribution >= 4 is 28.9 Å². The number of amides is 1. The van der Waals surface area contributed by atoms with Crippen molar-refractivity contribution in [3.8, 4) is 0 Å². The van der Waals surface area contributed by atoms with Crippen molar-refractivity contribution in [2.75, 3.05) is 24.3 Å². The van der Waals surface area contributed by atoms with E-state index in [1.54, 1.807) is 43.3 Å². The van der Waals surface area contributed by atoms with Crippen molar-refractivity contribution in [2.24, 2.45) is 0 Å². The molecule has 2 N–H and O–H groups in total. The molecule has 0 heterocycles. The van der Waals surface area contributed by atoms with Gasteiger partial charge in [0.05, 0.1) is 24.1 Å². The summed E-state index contributed by atoms with van der Waals surface area (Å²) in [5.41, 5.74) is 1.87. The number of nitrogens with one attached hydrogen (secondary N) is 2. The fraction of sp³-hybridized carbons (Fsp3) is 0.176. The number of ether oxygens (including phenoxy) is 1. The van der Waals surface area contributed by atoms with E-state index in [4.69, 9.17) is 0 Å². The number of anilines is 2. The molecule has 2 aromatic rings. The van der Waals surface area contributed by atoms with Gasteiger partial charge in [-0.3, -0.25) is 14.9 Å². The zero-order valence-corrected chi connectivity index (χ0v) is 13.7. The Bertz CT molecular complexity index is 802. The van der Waals surface area contributed by atoms with Crippen molar-refractivity contribution in [2.45, 2.75) is 6.92 Å². The third-order valence-corrected chi connectivity index (χ3v) is 3.53. The van der Waals surface area contributed by atoms with Gasteiger partial charge in [0, 0.05) is 23.0 Å². The van der Waals surface area contributed by atoms with Gasteiger partial charge in [-0.15, -0.1) is 0 Å². The number of rotatable bonds is 6. The molecule has 0 aliphatic carbocycles. The number of benzene rings is 2. The maximum absolute atomic E-state index is 12.0. The van der Waals surface area contributed by atoms with Gasteiger partial charge in [-0.1, -0.05) is 6.07 Å². The van der Waals surface area contributed by atoms with Crippen molar-refractivity contribution in [1.29, 1.82) is 0 Å². The number of carbonyl (C=O) groups excluding carboxylic acids is 2. The van der Waals surface area contributed by atoms with Gasteiger partial charge in [-0.2, -0.15) is 0 Å². The van der Waals surface area contributed by atoms with Crippen molar-refractivity contribution < 1.29 is 19.2 Å². The average molecular weight is 343 g/mol. The number of methoxy groups -OCH3 is 1. The summed E-state index contributed by atoms with van der Waals surface area (Å²) < 4.78 is 4.60. The van der Waals surface area contributed by atoms with Crippen LogP contribution in [0.1, 0.15) is 15.9 Å². The third-order valence-electron chi connectivity index (χ3n) is 3.53. The summed E-state index contributed by atoms with van der Waals surface area (Å²) in [5, 5.41) is 16.5. The Labute approximate surface area is 144 Å². The van der Waals surface area contributed by atoms with Crippen LogP contribution in [0.15, 0.2) is 42.5 Å². The maximum atomic E-state index is 12.0. The average Bonchev–Trinajstić information content (AvgIpc) is 2.60. The summed E-state index contributed by atoms with van der Waals surface area (Å²) >= 11 is 0.